The molecule has 14 heavy (non-hydrogen) atoms. The summed E-state index contributed by atoms with van der Waals surface area (Å²) in [6, 6.07) is 0. The molecule has 2 aliphatic rings. The largest absolute Gasteiger partial charge is 4.00 e. The molecule has 0 bridgehead atoms. The van der Waals surface area contributed by atoms with Gasteiger partial charge < -0.3 is 24.0 Å². The Morgan fingerprint density at radius 3 is 1.29 bits per heavy atom. The molecule has 2 rings (SSSR count). The summed E-state index contributed by atoms with van der Waals surface area (Å²) >= 11 is 0. The minimum Gasteiger partial charge on any atom is -0.695 e. The molecule has 1 nitrogen and oxygen atoms in total. The normalized spacial score (nSPS) is 15.9. The van der Waals surface area contributed by atoms with E-state index in [4.69, 9.17) is 0 Å². The van der Waals surface area contributed by atoms with E-state index in [1.165, 1.54) is 25.7 Å². The molecule has 2 saturated carbocycles. The predicted octanol–water partition coefficient (Wildman–Crippen LogP) is 3.57. The summed E-state index contributed by atoms with van der Waals surface area (Å²) in [6.45, 7) is 10.3. The van der Waals surface area contributed by atoms with Gasteiger partial charge in [0.25, 0.3) is 0 Å². The first-order valence-corrected chi connectivity index (χ1v) is 9.54. The Morgan fingerprint density at radius 1 is 1.00 bits per heavy atom. The number of hydrogen-bond acceptors (Lipinski definition) is 0. The average Bonchev–Trinajstić information content (AvgIpc) is 2.83. The molecule has 2 radical (unpaired) electrons. The fraction of sp³-hybridized carbons (Fsp3) is 0.700. The SMILES string of the molecule is [CH-]1CC1.[CH-]1CC1.[CH2-][Si](C)[N-][Si](C)C.[Zr+4]. The van der Waals surface area contributed by atoms with Crippen LogP contribution in [0.15, 0.2) is 0 Å². The third-order valence-electron chi connectivity index (χ3n) is 0.992. The zero-order valence-corrected chi connectivity index (χ0v) is 14.1. The van der Waals surface area contributed by atoms with Crippen LogP contribution in [0, 0.1) is 19.4 Å². The molecule has 4 heteroatoms. The third-order valence-corrected chi connectivity index (χ3v) is 4.31. The van der Waals surface area contributed by atoms with Crippen molar-refractivity contribution in [2.45, 2.75) is 45.3 Å². The first-order valence-electron chi connectivity index (χ1n) is 4.93. The smallest absolute Gasteiger partial charge is 0.695 e. The van der Waals surface area contributed by atoms with Crippen LogP contribution in [0.5, 0.6) is 0 Å². The van der Waals surface area contributed by atoms with Gasteiger partial charge in [0.15, 0.2) is 0 Å². The molecule has 0 unspecified atom stereocenters. The maximum atomic E-state index is 4.37. The molecular weight excluding hydrogens is 282 g/mol. The van der Waals surface area contributed by atoms with E-state index >= 15 is 0 Å². The van der Waals surface area contributed by atoms with Crippen molar-refractivity contribution in [3.05, 3.63) is 24.0 Å². The van der Waals surface area contributed by atoms with Gasteiger partial charge in [-0.15, -0.1) is 6.55 Å². The zero-order valence-electron chi connectivity index (χ0n) is 9.64. The van der Waals surface area contributed by atoms with Crippen LogP contribution >= 0.6 is 0 Å². The molecule has 0 aliphatic heterocycles. The Balaban J connectivity index is 0. The molecule has 0 aromatic carbocycles. The van der Waals surface area contributed by atoms with Gasteiger partial charge in [-0.05, 0) is 0 Å². The summed E-state index contributed by atoms with van der Waals surface area (Å²) in [5.74, 6) is 0. The summed E-state index contributed by atoms with van der Waals surface area (Å²) in [6.07, 6.45) is 10.0. The Bertz CT molecular complexity index is 88.8. The fourth-order valence-electron chi connectivity index (χ4n) is 0.382. The van der Waals surface area contributed by atoms with Crippen molar-refractivity contribution in [2.75, 3.05) is 0 Å². The maximum Gasteiger partial charge on any atom is 4.00 e. The molecule has 0 N–H and O–H groups in total. The minimum atomic E-state index is -0.514. The van der Waals surface area contributed by atoms with Crippen LogP contribution in [-0.2, 0) is 26.2 Å². The number of rotatable bonds is 2. The van der Waals surface area contributed by atoms with Gasteiger partial charge >= 0.3 is 26.2 Å². The van der Waals surface area contributed by atoms with Crippen molar-refractivity contribution < 1.29 is 26.2 Å². The Hall–Kier alpha value is 1.28. The van der Waals surface area contributed by atoms with Gasteiger partial charge in [-0.3, -0.25) is 8.96 Å². The molecule has 2 aliphatic carbocycles. The zero-order chi connectivity index (χ0) is 10.1. The summed E-state index contributed by atoms with van der Waals surface area (Å²) < 4.78 is 4.37. The van der Waals surface area contributed by atoms with Crippen LogP contribution in [-0.4, -0.2) is 17.9 Å². The van der Waals surface area contributed by atoms with E-state index in [9.17, 15) is 0 Å². The van der Waals surface area contributed by atoms with Crippen LogP contribution in [0.2, 0.25) is 19.6 Å². The molecule has 0 amide bonds. The number of hydrogen-bond donors (Lipinski definition) is 0. The molecule has 0 aromatic heterocycles. The van der Waals surface area contributed by atoms with Gasteiger partial charge in [0.2, 0.25) is 0 Å². The fourth-order valence-corrected chi connectivity index (χ4v) is 3.44. The van der Waals surface area contributed by atoms with Gasteiger partial charge in [0.1, 0.15) is 0 Å². The summed E-state index contributed by atoms with van der Waals surface area (Å²) in [5, 5.41) is 0. The van der Waals surface area contributed by atoms with Gasteiger partial charge in [-0.2, -0.15) is 0 Å². The van der Waals surface area contributed by atoms with E-state index in [1.54, 1.807) is 0 Å². The van der Waals surface area contributed by atoms with Crippen molar-refractivity contribution in [2.24, 2.45) is 0 Å². The Morgan fingerprint density at radius 2 is 1.29 bits per heavy atom. The standard InChI is InChI=1S/C4H11NSi2.2C3H5.Zr/c1-6(2)5-7(3)4;2*1-2-3-1;/h1H2,2-4H3;2*1H,2-3H2;/q-2;2*-1;+4. The molecule has 0 spiro atoms. The maximum absolute atomic E-state index is 4.37. The van der Waals surface area contributed by atoms with Crippen molar-refractivity contribution in [1.29, 1.82) is 0 Å². The van der Waals surface area contributed by atoms with Gasteiger partial charge in [-0.1, -0.05) is 22.1 Å². The monoisotopic (exact) mass is 301 g/mol. The van der Waals surface area contributed by atoms with E-state index in [2.05, 4.69) is 43.7 Å². The van der Waals surface area contributed by atoms with E-state index in [0.717, 1.165) is 0 Å². The van der Waals surface area contributed by atoms with Crippen molar-refractivity contribution in [1.82, 2.24) is 0 Å². The van der Waals surface area contributed by atoms with E-state index in [0.29, 0.717) is 0 Å². The summed E-state index contributed by atoms with van der Waals surface area (Å²) in [5.41, 5.74) is 0. The van der Waals surface area contributed by atoms with E-state index in [1.807, 2.05) is 0 Å². The van der Waals surface area contributed by atoms with Gasteiger partial charge in [0, 0.05) is 0 Å². The van der Waals surface area contributed by atoms with Crippen molar-refractivity contribution in [3.63, 3.8) is 0 Å². The molecular formula is C10H21NSi2Zr. The quantitative estimate of drug-likeness (QED) is 0.547. The topological polar surface area (TPSA) is 14.1 Å². The second kappa shape index (κ2) is 12.3. The molecule has 78 valence electrons. The van der Waals surface area contributed by atoms with Crippen molar-refractivity contribution in [3.8, 4) is 0 Å². The second-order valence-corrected chi connectivity index (χ2v) is 7.79. The summed E-state index contributed by atoms with van der Waals surface area (Å²) in [4.78, 5) is 0. The van der Waals surface area contributed by atoms with E-state index < -0.39 is 8.96 Å². The summed E-state index contributed by atoms with van der Waals surface area (Å²) in [7, 11) is -0.840. The van der Waals surface area contributed by atoms with Gasteiger partial charge in [-0.25, -0.2) is 25.7 Å². The van der Waals surface area contributed by atoms with Crippen LogP contribution < -0.4 is 0 Å². The molecule has 2 fully saturated rings. The van der Waals surface area contributed by atoms with Crippen LogP contribution in [0.25, 0.3) is 4.65 Å². The van der Waals surface area contributed by atoms with Crippen LogP contribution in [0.1, 0.15) is 25.7 Å². The first kappa shape index (κ1) is 17.7. The average molecular weight is 303 g/mol. The second-order valence-electron chi connectivity index (χ2n) is 3.53. The first-order chi connectivity index (χ1) is 6.13. The molecule has 0 saturated heterocycles. The Labute approximate surface area is 113 Å². The third kappa shape index (κ3) is 37.8. The van der Waals surface area contributed by atoms with Crippen LogP contribution in [0.3, 0.4) is 0 Å². The molecule has 0 heterocycles. The predicted molar refractivity (Wildman–Crippen MR) is 64.9 cm³/mol. The van der Waals surface area contributed by atoms with Gasteiger partial charge in [0.05, 0.1) is 0 Å². The Kier molecular flexibility index (Phi) is 15.6. The molecule has 0 aromatic rings. The van der Waals surface area contributed by atoms with Crippen LogP contribution in [0.4, 0.5) is 0 Å². The minimum absolute atomic E-state index is 0. The molecule has 0 atom stereocenters. The van der Waals surface area contributed by atoms with E-state index in [-0.39, 0.29) is 35.2 Å². The van der Waals surface area contributed by atoms with Crippen molar-refractivity contribution >= 4 is 17.9 Å². The number of nitrogens with zero attached hydrogens (tertiary/aromatic N) is 1.